The van der Waals surface area contributed by atoms with Crippen molar-refractivity contribution in [2.75, 3.05) is 11.9 Å². The summed E-state index contributed by atoms with van der Waals surface area (Å²) in [6.45, 7) is 0.804. The molecule has 2 aromatic carbocycles. The van der Waals surface area contributed by atoms with Crippen LogP contribution >= 0.6 is 0 Å². The first-order chi connectivity index (χ1) is 14.3. The average Bonchev–Trinajstić information content (AvgIpc) is 3.42. The molecule has 5 nitrogen and oxygen atoms in total. The van der Waals surface area contributed by atoms with Gasteiger partial charge < -0.3 is 14.5 Å². The van der Waals surface area contributed by atoms with Crippen molar-refractivity contribution >= 4 is 17.2 Å². The van der Waals surface area contributed by atoms with E-state index in [9.17, 15) is 0 Å². The van der Waals surface area contributed by atoms with E-state index in [0.29, 0.717) is 0 Å². The fraction of sp³-hybridized carbons (Fsp3) is 0.250. The fourth-order valence-electron chi connectivity index (χ4n) is 4.46. The van der Waals surface area contributed by atoms with Crippen LogP contribution in [0.4, 0.5) is 11.5 Å². The Hall–Kier alpha value is -3.34. The summed E-state index contributed by atoms with van der Waals surface area (Å²) in [5, 5.41) is 3.50. The summed E-state index contributed by atoms with van der Waals surface area (Å²) in [7, 11) is 0. The third-order valence-electron chi connectivity index (χ3n) is 5.94. The Bertz CT molecular complexity index is 1230. The van der Waals surface area contributed by atoms with Crippen molar-refractivity contribution in [2.45, 2.75) is 32.1 Å². The van der Waals surface area contributed by atoms with Gasteiger partial charge in [0.2, 0.25) is 0 Å². The van der Waals surface area contributed by atoms with Gasteiger partial charge >= 0.3 is 0 Å². The number of anilines is 2. The van der Waals surface area contributed by atoms with E-state index in [1.165, 1.54) is 36.0 Å². The van der Waals surface area contributed by atoms with Crippen molar-refractivity contribution in [3.8, 4) is 17.0 Å². The first-order valence-electron chi connectivity index (χ1n) is 10.3. The van der Waals surface area contributed by atoms with Crippen molar-refractivity contribution in [3.63, 3.8) is 0 Å². The first-order valence-corrected chi connectivity index (χ1v) is 10.3. The number of imidazole rings is 1. The van der Waals surface area contributed by atoms with Gasteiger partial charge in [-0.2, -0.15) is 0 Å². The van der Waals surface area contributed by atoms with Crippen LogP contribution in [0, 0.1) is 0 Å². The molecule has 5 heteroatoms. The van der Waals surface area contributed by atoms with Gasteiger partial charge in [-0.1, -0.05) is 12.1 Å². The Morgan fingerprint density at radius 3 is 2.86 bits per heavy atom. The zero-order valence-electron chi connectivity index (χ0n) is 16.2. The fourth-order valence-corrected chi connectivity index (χ4v) is 4.46. The van der Waals surface area contributed by atoms with Crippen LogP contribution in [0.3, 0.4) is 0 Å². The second-order valence-electron chi connectivity index (χ2n) is 7.87. The standard InChI is InChI=1S/C24H22N4O/c1-3-16-6-7-18(13-17(16)4-1)21-15-28-11-10-25-24(28)23(27-21)26-20-8-9-22-19(14-20)5-2-12-29-22/h6-11,13-15H,1-5,12H2,(H,26,27). The summed E-state index contributed by atoms with van der Waals surface area (Å²) in [5.74, 6) is 1.76. The van der Waals surface area contributed by atoms with Crippen molar-refractivity contribution in [1.82, 2.24) is 14.4 Å². The Morgan fingerprint density at radius 2 is 1.86 bits per heavy atom. The number of nitrogens with one attached hydrogen (secondary N) is 1. The number of aromatic nitrogens is 3. The molecule has 3 heterocycles. The molecule has 0 atom stereocenters. The number of hydrogen-bond acceptors (Lipinski definition) is 4. The maximum absolute atomic E-state index is 5.74. The average molecular weight is 382 g/mol. The van der Waals surface area contributed by atoms with Gasteiger partial charge in [0.25, 0.3) is 0 Å². The SMILES string of the molecule is c1cn2cc(-c3ccc4c(c3)CCC4)nc(Nc3ccc4c(c3)CCCO4)c2n1. The molecule has 0 radical (unpaired) electrons. The van der Waals surface area contributed by atoms with E-state index >= 15 is 0 Å². The highest BCUT2D eigenvalue weighted by Gasteiger charge is 2.15. The summed E-state index contributed by atoms with van der Waals surface area (Å²) >= 11 is 0. The van der Waals surface area contributed by atoms with E-state index in [1.807, 2.05) is 28.9 Å². The normalized spacial score (nSPS) is 15.0. The number of rotatable bonds is 3. The molecular formula is C24H22N4O. The maximum Gasteiger partial charge on any atom is 0.180 e. The summed E-state index contributed by atoms with van der Waals surface area (Å²) in [6.07, 6.45) is 11.6. The highest BCUT2D eigenvalue weighted by atomic mass is 16.5. The van der Waals surface area contributed by atoms with Gasteiger partial charge in [-0.05, 0) is 73.1 Å². The van der Waals surface area contributed by atoms with Crippen molar-refractivity contribution < 1.29 is 4.74 Å². The molecule has 1 aliphatic heterocycles. The molecule has 144 valence electrons. The van der Waals surface area contributed by atoms with Gasteiger partial charge in [-0.25, -0.2) is 9.97 Å². The van der Waals surface area contributed by atoms with Gasteiger partial charge in [0.1, 0.15) is 5.75 Å². The monoisotopic (exact) mass is 382 g/mol. The molecule has 4 aromatic rings. The van der Waals surface area contributed by atoms with Gasteiger partial charge in [0, 0.05) is 29.8 Å². The first kappa shape index (κ1) is 16.6. The summed E-state index contributed by atoms with van der Waals surface area (Å²) in [6, 6.07) is 13.0. The molecule has 2 aliphatic rings. The van der Waals surface area contributed by atoms with Gasteiger partial charge in [-0.15, -0.1) is 0 Å². The van der Waals surface area contributed by atoms with Crippen LogP contribution in [0.15, 0.2) is 55.0 Å². The van der Waals surface area contributed by atoms with E-state index in [-0.39, 0.29) is 0 Å². The molecule has 1 N–H and O–H groups in total. The second kappa shape index (κ2) is 6.62. The minimum Gasteiger partial charge on any atom is -0.493 e. The quantitative estimate of drug-likeness (QED) is 0.544. The number of hydrogen-bond donors (Lipinski definition) is 1. The smallest absolute Gasteiger partial charge is 0.180 e. The molecule has 0 saturated heterocycles. The predicted molar refractivity (Wildman–Crippen MR) is 114 cm³/mol. The Balaban J connectivity index is 1.41. The Kier molecular flexibility index (Phi) is 3.79. The van der Waals surface area contributed by atoms with Crippen LogP contribution in [0.5, 0.6) is 5.75 Å². The molecule has 29 heavy (non-hydrogen) atoms. The lowest BCUT2D eigenvalue weighted by atomic mass is 10.0. The molecule has 2 aromatic heterocycles. The topological polar surface area (TPSA) is 51.5 Å². The number of ether oxygens (including phenoxy) is 1. The molecule has 0 unspecified atom stereocenters. The van der Waals surface area contributed by atoms with E-state index in [4.69, 9.17) is 9.72 Å². The zero-order chi connectivity index (χ0) is 19.2. The molecule has 0 amide bonds. The molecule has 1 aliphatic carbocycles. The van der Waals surface area contributed by atoms with E-state index < -0.39 is 0 Å². The number of nitrogens with zero attached hydrogens (tertiary/aromatic N) is 3. The third-order valence-corrected chi connectivity index (χ3v) is 5.94. The highest BCUT2D eigenvalue weighted by molar-refractivity contribution is 5.74. The van der Waals surface area contributed by atoms with Crippen molar-refractivity contribution in [2.24, 2.45) is 0 Å². The maximum atomic E-state index is 5.74. The summed E-state index contributed by atoms with van der Waals surface area (Å²) in [5.41, 5.74) is 8.13. The number of fused-ring (bicyclic) bond motifs is 3. The minimum absolute atomic E-state index is 0.768. The third kappa shape index (κ3) is 2.94. The second-order valence-corrected chi connectivity index (χ2v) is 7.87. The number of aryl methyl sites for hydroxylation is 3. The van der Waals surface area contributed by atoms with E-state index in [2.05, 4.69) is 40.8 Å². The molecule has 0 spiro atoms. The van der Waals surface area contributed by atoms with Crippen LogP contribution < -0.4 is 10.1 Å². The zero-order valence-corrected chi connectivity index (χ0v) is 16.2. The van der Waals surface area contributed by atoms with Gasteiger partial charge in [0.15, 0.2) is 11.5 Å². The van der Waals surface area contributed by atoms with Crippen LogP contribution in [0.25, 0.3) is 16.9 Å². The summed E-state index contributed by atoms with van der Waals surface area (Å²) in [4.78, 5) is 9.46. The van der Waals surface area contributed by atoms with Crippen LogP contribution in [-0.2, 0) is 19.3 Å². The highest BCUT2D eigenvalue weighted by Crippen LogP contribution is 2.31. The lowest BCUT2D eigenvalue weighted by Crippen LogP contribution is -2.08. The largest absolute Gasteiger partial charge is 0.493 e. The predicted octanol–water partition coefficient (Wildman–Crippen LogP) is 4.95. The van der Waals surface area contributed by atoms with Gasteiger partial charge in [-0.3, -0.25) is 0 Å². The minimum atomic E-state index is 0.768. The lowest BCUT2D eigenvalue weighted by molar-refractivity contribution is 0.288. The van der Waals surface area contributed by atoms with Gasteiger partial charge in [0.05, 0.1) is 12.3 Å². The number of benzene rings is 2. The van der Waals surface area contributed by atoms with E-state index in [1.54, 1.807) is 0 Å². The Labute approximate surface area is 169 Å². The Morgan fingerprint density at radius 1 is 0.931 bits per heavy atom. The molecule has 0 fully saturated rings. The molecule has 0 saturated carbocycles. The van der Waals surface area contributed by atoms with Crippen molar-refractivity contribution in [1.29, 1.82) is 0 Å². The molecule has 6 rings (SSSR count). The molecule has 0 bridgehead atoms. The van der Waals surface area contributed by atoms with E-state index in [0.717, 1.165) is 53.6 Å². The summed E-state index contributed by atoms with van der Waals surface area (Å²) < 4.78 is 7.78. The lowest BCUT2D eigenvalue weighted by Gasteiger charge is -2.18. The molecular weight excluding hydrogens is 360 g/mol. The van der Waals surface area contributed by atoms with Crippen molar-refractivity contribution in [3.05, 3.63) is 71.7 Å². The van der Waals surface area contributed by atoms with Crippen LogP contribution in [0.2, 0.25) is 0 Å². The van der Waals surface area contributed by atoms with Crippen LogP contribution in [0.1, 0.15) is 29.5 Å². The van der Waals surface area contributed by atoms with Crippen LogP contribution in [-0.4, -0.2) is 21.0 Å².